The summed E-state index contributed by atoms with van der Waals surface area (Å²) in [5.74, 6) is -1.74. The van der Waals surface area contributed by atoms with Crippen LogP contribution < -0.4 is 0 Å². The third-order valence-electron chi connectivity index (χ3n) is 2.91. The fraction of sp³-hybridized carbons (Fsp3) is 0.308. The van der Waals surface area contributed by atoms with Crippen LogP contribution in [0.1, 0.15) is 34.3 Å². The Morgan fingerprint density at radius 2 is 1.63 bits per heavy atom. The molecule has 0 radical (unpaired) electrons. The van der Waals surface area contributed by atoms with Gasteiger partial charge < -0.3 is 9.94 Å². The van der Waals surface area contributed by atoms with Gasteiger partial charge in [-0.2, -0.15) is 0 Å². The normalized spacial score (nSPS) is 14.9. The Kier molecular flexibility index (Phi) is 3.25. The molecule has 2 amide bonds. The van der Waals surface area contributed by atoms with E-state index in [0.717, 1.165) is 0 Å². The number of amides is 2. The van der Waals surface area contributed by atoms with E-state index in [4.69, 9.17) is 4.84 Å². The number of rotatable bonds is 2. The van der Waals surface area contributed by atoms with Gasteiger partial charge in [0.05, 0.1) is 5.56 Å². The first-order valence-corrected chi connectivity index (χ1v) is 5.78. The molecule has 0 bridgehead atoms. The molecule has 2 rings (SSSR count). The van der Waals surface area contributed by atoms with Gasteiger partial charge in [-0.25, -0.2) is 4.79 Å². The number of hydrogen-bond donors (Lipinski definition) is 1. The minimum atomic E-state index is -0.796. The molecule has 0 unspecified atom stereocenters. The SMILES string of the molecule is Cc1cc(C(=O)ON2C(=O)CCC2=O)cc(C)c1O. The minimum Gasteiger partial charge on any atom is -0.507 e. The number of benzene rings is 1. The van der Waals surface area contributed by atoms with Gasteiger partial charge in [0.1, 0.15) is 5.75 Å². The van der Waals surface area contributed by atoms with Crippen molar-refractivity contribution in [1.29, 1.82) is 0 Å². The molecule has 1 fully saturated rings. The van der Waals surface area contributed by atoms with Crippen LogP contribution in [0.5, 0.6) is 5.75 Å². The molecule has 0 saturated carbocycles. The number of carbonyl (C=O) groups is 3. The Morgan fingerprint density at radius 1 is 1.16 bits per heavy atom. The van der Waals surface area contributed by atoms with E-state index in [1.165, 1.54) is 12.1 Å². The van der Waals surface area contributed by atoms with Gasteiger partial charge in [-0.3, -0.25) is 9.59 Å². The summed E-state index contributed by atoms with van der Waals surface area (Å²) in [6.45, 7) is 3.29. The predicted octanol–water partition coefficient (Wildman–Crippen LogP) is 1.23. The first-order valence-electron chi connectivity index (χ1n) is 5.78. The van der Waals surface area contributed by atoms with Gasteiger partial charge in [-0.05, 0) is 37.1 Å². The second kappa shape index (κ2) is 4.72. The topological polar surface area (TPSA) is 83.9 Å². The second-order valence-electron chi connectivity index (χ2n) is 4.42. The molecule has 0 atom stereocenters. The molecule has 0 aromatic heterocycles. The van der Waals surface area contributed by atoms with Gasteiger partial charge in [0.15, 0.2) is 0 Å². The van der Waals surface area contributed by atoms with Crippen molar-refractivity contribution in [3.8, 4) is 5.75 Å². The molecular weight excluding hydrogens is 250 g/mol. The number of aromatic hydroxyl groups is 1. The smallest absolute Gasteiger partial charge is 0.363 e. The molecule has 100 valence electrons. The number of carbonyl (C=O) groups excluding carboxylic acids is 3. The van der Waals surface area contributed by atoms with Gasteiger partial charge >= 0.3 is 5.97 Å². The molecule has 1 aliphatic rings. The van der Waals surface area contributed by atoms with Gasteiger partial charge in [0, 0.05) is 12.8 Å². The zero-order valence-corrected chi connectivity index (χ0v) is 10.6. The van der Waals surface area contributed by atoms with Crippen LogP contribution in [0.25, 0.3) is 0 Å². The Bertz CT molecular complexity index is 539. The van der Waals surface area contributed by atoms with Gasteiger partial charge in [0.25, 0.3) is 11.8 Å². The summed E-state index contributed by atoms with van der Waals surface area (Å²) >= 11 is 0. The number of hydrogen-bond acceptors (Lipinski definition) is 5. The molecular formula is C13H13NO5. The Labute approximate surface area is 109 Å². The van der Waals surface area contributed by atoms with Crippen molar-refractivity contribution in [2.24, 2.45) is 0 Å². The van der Waals surface area contributed by atoms with E-state index in [-0.39, 0.29) is 24.2 Å². The summed E-state index contributed by atoms with van der Waals surface area (Å²) in [6.07, 6.45) is 0.111. The van der Waals surface area contributed by atoms with Crippen molar-refractivity contribution in [3.63, 3.8) is 0 Å². The highest BCUT2D eigenvalue weighted by molar-refractivity contribution is 6.02. The zero-order valence-electron chi connectivity index (χ0n) is 10.6. The van der Waals surface area contributed by atoms with Crippen LogP contribution in [0.3, 0.4) is 0 Å². The van der Waals surface area contributed by atoms with Gasteiger partial charge in [0.2, 0.25) is 0 Å². The maximum atomic E-state index is 11.9. The average Bonchev–Trinajstić information content (AvgIpc) is 2.67. The van der Waals surface area contributed by atoms with Crippen molar-refractivity contribution < 1.29 is 24.3 Å². The standard InChI is InChI=1S/C13H13NO5/c1-7-5-9(6-8(2)12(7)17)13(18)19-14-10(15)3-4-11(14)16/h5-6,17H,3-4H2,1-2H3. The van der Waals surface area contributed by atoms with E-state index in [1.807, 2.05) is 0 Å². The Morgan fingerprint density at radius 3 is 2.11 bits per heavy atom. The largest absolute Gasteiger partial charge is 0.507 e. The number of phenols is 1. The molecule has 6 nitrogen and oxygen atoms in total. The van der Waals surface area contributed by atoms with E-state index in [9.17, 15) is 19.5 Å². The van der Waals surface area contributed by atoms with Crippen LogP contribution >= 0.6 is 0 Å². The quantitative estimate of drug-likeness (QED) is 0.811. The molecule has 1 aromatic rings. The number of hydroxylamine groups is 2. The van der Waals surface area contributed by atoms with Crippen LogP contribution in [0.2, 0.25) is 0 Å². The van der Waals surface area contributed by atoms with Crippen LogP contribution in [-0.2, 0) is 14.4 Å². The Balaban J connectivity index is 2.21. The molecule has 1 N–H and O–H groups in total. The van der Waals surface area contributed by atoms with E-state index in [1.54, 1.807) is 13.8 Å². The lowest BCUT2D eigenvalue weighted by Gasteiger charge is -2.13. The highest BCUT2D eigenvalue weighted by Gasteiger charge is 2.33. The summed E-state index contributed by atoms with van der Waals surface area (Å²) in [5.41, 5.74) is 1.22. The monoisotopic (exact) mass is 263 g/mol. The molecule has 1 heterocycles. The maximum Gasteiger partial charge on any atom is 0.363 e. The summed E-state index contributed by atoms with van der Waals surface area (Å²) < 4.78 is 0. The molecule has 1 aromatic carbocycles. The maximum absolute atomic E-state index is 11.9. The molecule has 1 aliphatic heterocycles. The minimum absolute atomic E-state index is 0.0553. The highest BCUT2D eigenvalue weighted by Crippen LogP contribution is 2.24. The van der Waals surface area contributed by atoms with E-state index in [2.05, 4.69) is 0 Å². The lowest BCUT2D eigenvalue weighted by atomic mass is 10.1. The van der Waals surface area contributed by atoms with Crippen molar-refractivity contribution in [2.45, 2.75) is 26.7 Å². The predicted molar refractivity (Wildman–Crippen MR) is 64.1 cm³/mol. The van der Waals surface area contributed by atoms with Gasteiger partial charge in [-0.1, -0.05) is 0 Å². The highest BCUT2D eigenvalue weighted by atomic mass is 16.7. The average molecular weight is 263 g/mol. The van der Waals surface area contributed by atoms with Crippen molar-refractivity contribution in [1.82, 2.24) is 5.06 Å². The first kappa shape index (κ1) is 13.1. The summed E-state index contributed by atoms with van der Waals surface area (Å²) in [4.78, 5) is 39.3. The number of nitrogens with zero attached hydrogens (tertiary/aromatic N) is 1. The summed E-state index contributed by atoms with van der Waals surface area (Å²) in [7, 11) is 0. The fourth-order valence-electron chi connectivity index (χ4n) is 1.87. The number of phenolic OH excluding ortho intramolecular Hbond substituents is 1. The number of aryl methyl sites for hydroxylation is 2. The third-order valence-corrected chi connectivity index (χ3v) is 2.91. The van der Waals surface area contributed by atoms with Gasteiger partial charge in [-0.15, -0.1) is 5.06 Å². The van der Waals surface area contributed by atoms with E-state index in [0.29, 0.717) is 16.2 Å². The lowest BCUT2D eigenvalue weighted by Crippen LogP contribution is -2.32. The summed E-state index contributed by atoms with van der Waals surface area (Å²) in [5, 5.41) is 10.1. The summed E-state index contributed by atoms with van der Waals surface area (Å²) in [6, 6.07) is 2.88. The number of imide groups is 1. The Hall–Kier alpha value is -2.37. The van der Waals surface area contributed by atoms with Crippen LogP contribution in [0.4, 0.5) is 0 Å². The van der Waals surface area contributed by atoms with Crippen molar-refractivity contribution in [2.75, 3.05) is 0 Å². The molecule has 1 saturated heterocycles. The third kappa shape index (κ3) is 2.42. The van der Waals surface area contributed by atoms with Crippen LogP contribution in [0, 0.1) is 13.8 Å². The van der Waals surface area contributed by atoms with Crippen molar-refractivity contribution in [3.05, 3.63) is 28.8 Å². The molecule has 0 spiro atoms. The molecule has 19 heavy (non-hydrogen) atoms. The van der Waals surface area contributed by atoms with E-state index < -0.39 is 17.8 Å². The molecule has 6 heteroatoms. The second-order valence-corrected chi connectivity index (χ2v) is 4.42. The van der Waals surface area contributed by atoms with Crippen LogP contribution in [0.15, 0.2) is 12.1 Å². The lowest BCUT2D eigenvalue weighted by molar-refractivity contribution is -0.172. The zero-order chi connectivity index (χ0) is 14.2. The molecule has 0 aliphatic carbocycles. The first-order chi connectivity index (χ1) is 8.90. The van der Waals surface area contributed by atoms with E-state index >= 15 is 0 Å². The fourth-order valence-corrected chi connectivity index (χ4v) is 1.87. The van der Waals surface area contributed by atoms with Crippen molar-refractivity contribution >= 4 is 17.8 Å². The van der Waals surface area contributed by atoms with Crippen LogP contribution in [-0.4, -0.2) is 28.0 Å².